The predicted molar refractivity (Wildman–Crippen MR) is 95.9 cm³/mol. The molecule has 0 aromatic heterocycles. The molecular weight excluding hydrogens is 322 g/mol. The van der Waals surface area contributed by atoms with E-state index in [0.717, 1.165) is 17.7 Å². The molecule has 0 aliphatic carbocycles. The number of carbonyl (C=O) groups is 1. The van der Waals surface area contributed by atoms with Gasteiger partial charge in [-0.05, 0) is 30.2 Å². The Balaban J connectivity index is 1.69. The van der Waals surface area contributed by atoms with Crippen LogP contribution in [-0.4, -0.2) is 31.0 Å². The number of benzene rings is 2. The largest absolute Gasteiger partial charge is 0.497 e. The molecule has 2 aromatic rings. The molecule has 0 unspecified atom stereocenters. The molecule has 0 aliphatic rings. The van der Waals surface area contributed by atoms with E-state index in [2.05, 4.69) is 10.6 Å². The number of nitrogens with one attached hydrogen (secondary N) is 2. The van der Waals surface area contributed by atoms with Crippen molar-refractivity contribution < 1.29 is 14.5 Å². The topological polar surface area (TPSA) is 93.5 Å². The van der Waals surface area contributed by atoms with Crippen LogP contribution in [0.2, 0.25) is 0 Å². The second kappa shape index (κ2) is 9.27. The van der Waals surface area contributed by atoms with Gasteiger partial charge in [0.25, 0.3) is 5.69 Å². The SMILES string of the molecule is COc1ccc(CCNC(=O)CCNc2ccccc2[N+](=O)[O-])cc1. The van der Waals surface area contributed by atoms with Gasteiger partial charge in [-0.1, -0.05) is 24.3 Å². The van der Waals surface area contributed by atoms with Gasteiger partial charge in [-0.3, -0.25) is 14.9 Å². The fourth-order valence-corrected chi connectivity index (χ4v) is 2.32. The van der Waals surface area contributed by atoms with Crippen LogP contribution in [-0.2, 0) is 11.2 Å². The van der Waals surface area contributed by atoms with E-state index in [1.807, 2.05) is 24.3 Å². The second-order valence-electron chi connectivity index (χ2n) is 5.40. The van der Waals surface area contributed by atoms with Crippen molar-refractivity contribution in [3.63, 3.8) is 0 Å². The van der Waals surface area contributed by atoms with Crippen molar-refractivity contribution in [1.29, 1.82) is 0 Å². The first-order valence-electron chi connectivity index (χ1n) is 7.97. The number of para-hydroxylation sites is 2. The number of carbonyl (C=O) groups excluding carboxylic acids is 1. The van der Waals surface area contributed by atoms with E-state index < -0.39 is 4.92 Å². The van der Waals surface area contributed by atoms with Crippen molar-refractivity contribution in [1.82, 2.24) is 5.32 Å². The molecule has 1 amide bonds. The highest BCUT2D eigenvalue weighted by molar-refractivity contribution is 5.76. The van der Waals surface area contributed by atoms with Crippen LogP contribution in [0.3, 0.4) is 0 Å². The Labute approximate surface area is 146 Å². The average molecular weight is 343 g/mol. The van der Waals surface area contributed by atoms with Gasteiger partial charge in [-0.15, -0.1) is 0 Å². The lowest BCUT2D eigenvalue weighted by molar-refractivity contribution is -0.384. The number of nitro groups is 1. The molecule has 132 valence electrons. The Morgan fingerprint density at radius 2 is 1.84 bits per heavy atom. The summed E-state index contributed by atoms with van der Waals surface area (Å²) >= 11 is 0. The summed E-state index contributed by atoms with van der Waals surface area (Å²) in [4.78, 5) is 22.3. The Morgan fingerprint density at radius 3 is 2.52 bits per heavy atom. The van der Waals surface area contributed by atoms with Crippen molar-refractivity contribution in [3.05, 3.63) is 64.2 Å². The van der Waals surface area contributed by atoms with Crippen LogP contribution in [0.4, 0.5) is 11.4 Å². The number of hydrogen-bond acceptors (Lipinski definition) is 5. The Morgan fingerprint density at radius 1 is 1.12 bits per heavy atom. The highest BCUT2D eigenvalue weighted by Gasteiger charge is 2.11. The summed E-state index contributed by atoms with van der Waals surface area (Å²) in [7, 11) is 1.62. The summed E-state index contributed by atoms with van der Waals surface area (Å²) in [6.45, 7) is 0.871. The van der Waals surface area contributed by atoms with E-state index in [9.17, 15) is 14.9 Å². The molecule has 0 saturated carbocycles. The van der Waals surface area contributed by atoms with Gasteiger partial charge in [0.2, 0.25) is 5.91 Å². The Bertz CT molecular complexity index is 717. The minimum Gasteiger partial charge on any atom is -0.497 e. The van der Waals surface area contributed by atoms with Crippen molar-refractivity contribution in [3.8, 4) is 5.75 Å². The van der Waals surface area contributed by atoms with Crippen LogP contribution in [0.25, 0.3) is 0 Å². The first-order valence-corrected chi connectivity index (χ1v) is 7.97. The third-order valence-electron chi connectivity index (χ3n) is 3.66. The maximum atomic E-state index is 11.8. The Hall–Kier alpha value is -3.09. The summed E-state index contributed by atoms with van der Waals surface area (Å²) in [5.41, 5.74) is 1.53. The number of ether oxygens (including phenoxy) is 1. The third-order valence-corrected chi connectivity index (χ3v) is 3.66. The zero-order valence-corrected chi connectivity index (χ0v) is 14.0. The fourth-order valence-electron chi connectivity index (χ4n) is 2.32. The number of nitro benzene ring substituents is 1. The van der Waals surface area contributed by atoms with E-state index in [4.69, 9.17) is 4.74 Å². The van der Waals surface area contributed by atoms with Crippen molar-refractivity contribution >= 4 is 17.3 Å². The lowest BCUT2D eigenvalue weighted by Crippen LogP contribution is -2.27. The fraction of sp³-hybridized carbons (Fsp3) is 0.278. The lowest BCUT2D eigenvalue weighted by Gasteiger charge is -2.08. The van der Waals surface area contributed by atoms with Crippen molar-refractivity contribution in [2.45, 2.75) is 12.8 Å². The molecule has 2 N–H and O–H groups in total. The monoisotopic (exact) mass is 343 g/mol. The van der Waals surface area contributed by atoms with Crippen molar-refractivity contribution in [2.75, 3.05) is 25.5 Å². The summed E-state index contributed by atoms with van der Waals surface area (Å²) in [5, 5.41) is 16.7. The molecule has 0 fully saturated rings. The normalized spacial score (nSPS) is 10.1. The molecular formula is C18H21N3O4. The Kier molecular flexibility index (Phi) is 6.76. The number of nitrogens with zero attached hydrogens (tertiary/aromatic N) is 1. The molecule has 0 aliphatic heterocycles. The van der Waals surface area contributed by atoms with Gasteiger partial charge in [0, 0.05) is 25.6 Å². The number of rotatable bonds is 9. The number of anilines is 1. The minimum atomic E-state index is -0.447. The summed E-state index contributed by atoms with van der Waals surface area (Å²) in [6.07, 6.45) is 0.974. The molecule has 0 bridgehead atoms. The predicted octanol–water partition coefficient (Wildman–Crippen LogP) is 2.76. The van der Waals surface area contributed by atoms with Crippen LogP contribution in [0.1, 0.15) is 12.0 Å². The van der Waals surface area contributed by atoms with Crippen LogP contribution < -0.4 is 15.4 Å². The summed E-state index contributed by atoms with van der Waals surface area (Å²) in [6, 6.07) is 14.1. The molecule has 2 rings (SSSR count). The van der Waals surface area contributed by atoms with Gasteiger partial charge in [-0.2, -0.15) is 0 Å². The van der Waals surface area contributed by atoms with Crippen LogP contribution in [0, 0.1) is 10.1 Å². The first kappa shape index (κ1) is 18.3. The minimum absolute atomic E-state index is 0.00224. The molecule has 0 heterocycles. The highest BCUT2D eigenvalue weighted by Crippen LogP contribution is 2.22. The molecule has 2 aromatic carbocycles. The molecule has 0 atom stereocenters. The first-order chi connectivity index (χ1) is 12.1. The molecule has 0 saturated heterocycles. The molecule has 25 heavy (non-hydrogen) atoms. The van der Waals surface area contributed by atoms with E-state index >= 15 is 0 Å². The maximum absolute atomic E-state index is 11.8. The van der Waals surface area contributed by atoms with E-state index in [1.165, 1.54) is 6.07 Å². The second-order valence-corrected chi connectivity index (χ2v) is 5.40. The van der Waals surface area contributed by atoms with E-state index in [1.54, 1.807) is 25.3 Å². The average Bonchev–Trinajstić information content (AvgIpc) is 2.62. The van der Waals surface area contributed by atoms with Gasteiger partial charge in [-0.25, -0.2) is 0 Å². The molecule has 7 heteroatoms. The zero-order chi connectivity index (χ0) is 18.1. The number of amides is 1. The van der Waals surface area contributed by atoms with E-state index in [0.29, 0.717) is 18.8 Å². The van der Waals surface area contributed by atoms with Crippen LogP contribution >= 0.6 is 0 Å². The quantitative estimate of drug-likeness (QED) is 0.539. The molecule has 0 radical (unpaired) electrons. The number of hydrogen-bond donors (Lipinski definition) is 2. The van der Waals surface area contributed by atoms with Gasteiger partial charge in [0.05, 0.1) is 12.0 Å². The maximum Gasteiger partial charge on any atom is 0.292 e. The molecule has 7 nitrogen and oxygen atoms in total. The van der Waals surface area contributed by atoms with Crippen LogP contribution in [0.5, 0.6) is 5.75 Å². The van der Waals surface area contributed by atoms with Gasteiger partial charge in [0.1, 0.15) is 11.4 Å². The standard InChI is InChI=1S/C18H21N3O4/c1-25-15-8-6-14(7-9-15)10-12-20-18(22)11-13-19-16-4-2-3-5-17(16)21(23)24/h2-9,19H,10-13H2,1H3,(H,20,22). The van der Waals surface area contributed by atoms with Crippen molar-refractivity contribution in [2.24, 2.45) is 0 Å². The highest BCUT2D eigenvalue weighted by atomic mass is 16.6. The third kappa shape index (κ3) is 5.80. The molecule has 0 spiro atoms. The van der Waals surface area contributed by atoms with E-state index in [-0.39, 0.29) is 18.0 Å². The van der Waals surface area contributed by atoms with Gasteiger partial charge in [0.15, 0.2) is 0 Å². The summed E-state index contributed by atoms with van der Waals surface area (Å²) < 4.78 is 5.10. The smallest absolute Gasteiger partial charge is 0.292 e. The van der Waals surface area contributed by atoms with Gasteiger partial charge < -0.3 is 15.4 Å². The van der Waals surface area contributed by atoms with Crippen LogP contribution in [0.15, 0.2) is 48.5 Å². The summed E-state index contributed by atoms with van der Waals surface area (Å²) in [5.74, 6) is 0.702. The lowest BCUT2D eigenvalue weighted by atomic mass is 10.1. The zero-order valence-electron chi connectivity index (χ0n) is 14.0. The number of methoxy groups -OCH3 is 1. The van der Waals surface area contributed by atoms with Gasteiger partial charge >= 0.3 is 0 Å².